The van der Waals surface area contributed by atoms with Gasteiger partial charge >= 0.3 is 0 Å². The molecule has 0 fully saturated rings. The Morgan fingerprint density at radius 3 is 2.42 bits per heavy atom. The summed E-state index contributed by atoms with van der Waals surface area (Å²) in [4.78, 5) is 25.0. The molecule has 0 rings (SSSR count). The molecule has 0 aromatic heterocycles. The van der Waals surface area contributed by atoms with Crippen LogP contribution in [0.3, 0.4) is 0 Å². The molecule has 19 heavy (non-hydrogen) atoms. The van der Waals surface area contributed by atoms with E-state index in [0.29, 0.717) is 38.9 Å². The number of hydrogen-bond acceptors (Lipinski definition) is 3. The number of carbonyl (C=O) groups is 2. The third kappa shape index (κ3) is 8.59. The van der Waals surface area contributed by atoms with Gasteiger partial charge in [0.15, 0.2) is 0 Å². The summed E-state index contributed by atoms with van der Waals surface area (Å²) in [6.45, 7) is 7.98. The highest BCUT2D eigenvalue weighted by atomic mass is 16.2. The summed E-state index contributed by atoms with van der Waals surface area (Å²) in [5.41, 5.74) is 5.58. The second-order valence-corrected chi connectivity index (χ2v) is 5.82. The highest BCUT2D eigenvalue weighted by molar-refractivity contribution is 5.78. The first-order valence-corrected chi connectivity index (χ1v) is 7.03. The van der Waals surface area contributed by atoms with Crippen molar-refractivity contribution in [1.29, 1.82) is 0 Å². The zero-order valence-electron chi connectivity index (χ0n) is 12.8. The maximum Gasteiger partial charge on any atom is 0.222 e. The number of nitrogens with one attached hydrogen (secondary N) is 1. The highest BCUT2D eigenvalue weighted by Crippen LogP contribution is 2.14. The van der Waals surface area contributed by atoms with Crippen molar-refractivity contribution in [3.63, 3.8) is 0 Å². The Balaban J connectivity index is 3.88. The highest BCUT2D eigenvalue weighted by Gasteiger charge is 2.20. The van der Waals surface area contributed by atoms with Crippen LogP contribution in [0.2, 0.25) is 0 Å². The molecule has 0 atom stereocenters. The Morgan fingerprint density at radius 1 is 1.26 bits per heavy atom. The van der Waals surface area contributed by atoms with E-state index in [2.05, 4.69) is 5.32 Å². The van der Waals surface area contributed by atoms with Gasteiger partial charge in [0, 0.05) is 33.0 Å². The lowest BCUT2D eigenvalue weighted by molar-refractivity contribution is -0.131. The van der Waals surface area contributed by atoms with Gasteiger partial charge in [-0.05, 0) is 24.8 Å². The molecule has 0 spiro atoms. The Labute approximate surface area is 116 Å². The molecule has 0 unspecified atom stereocenters. The molecule has 3 N–H and O–H groups in total. The zero-order chi connectivity index (χ0) is 14.9. The summed E-state index contributed by atoms with van der Waals surface area (Å²) in [5, 5.41) is 2.80. The fraction of sp³-hybridized carbons (Fsp3) is 0.857. The van der Waals surface area contributed by atoms with Crippen LogP contribution in [0.15, 0.2) is 0 Å². The van der Waals surface area contributed by atoms with Crippen LogP contribution in [0.25, 0.3) is 0 Å². The van der Waals surface area contributed by atoms with E-state index < -0.39 is 0 Å². The Kier molecular flexibility index (Phi) is 8.39. The van der Waals surface area contributed by atoms with Crippen molar-refractivity contribution >= 4 is 11.8 Å². The van der Waals surface area contributed by atoms with Crippen LogP contribution in [-0.2, 0) is 9.59 Å². The van der Waals surface area contributed by atoms with Crippen LogP contribution in [0, 0.1) is 5.41 Å². The van der Waals surface area contributed by atoms with E-state index in [1.165, 1.54) is 0 Å². The molecule has 0 radical (unpaired) electrons. The SMILES string of the molecule is CCCNC(=O)CCCC(=O)N(C)CC(C)(C)CN. The number of carbonyl (C=O) groups excluding carboxylic acids is 2. The molecule has 112 valence electrons. The van der Waals surface area contributed by atoms with Gasteiger partial charge in [0.2, 0.25) is 11.8 Å². The normalized spacial score (nSPS) is 11.2. The Bertz CT molecular complexity index is 290. The number of nitrogens with two attached hydrogens (primary N) is 1. The van der Waals surface area contributed by atoms with Crippen molar-refractivity contribution < 1.29 is 9.59 Å². The van der Waals surface area contributed by atoms with Gasteiger partial charge in [0.05, 0.1) is 0 Å². The molecule has 0 aromatic carbocycles. The third-order valence-electron chi connectivity index (χ3n) is 3.01. The minimum Gasteiger partial charge on any atom is -0.356 e. The third-order valence-corrected chi connectivity index (χ3v) is 3.01. The van der Waals surface area contributed by atoms with Crippen molar-refractivity contribution in [3.05, 3.63) is 0 Å². The molecule has 0 saturated heterocycles. The maximum absolute atomic E-state index is 11.9. The second-order valence-electron chi connectivity index (χ2n) is 5.82. The molecule has 0 saturated carbocycles. The monoisotopic (exact) mass is 271 g/mol. The zero-order valence-corrected chi connectivity index (χ0v) is 12.8. The molecular weight excluding hydrogens is 242 g/mol. The molecule has 0 aliphatic carbocycles. The van der Waals surface area contributed by atoms with Crippen LogP contribution >= 0.6 is 0 Å². The number of amides is 2. The summed E-state index contributed by atoms with van der Waals surface area (Å²) in [5.74, 6) is 0.101. The van der Waals surface area contributed by atoms with Gasteiger partial charge in [-0.1, -0.05) is 20.8 Å². The van der Waals surface area contributed by atoms with Gasteiger partial charge in [-0.15, -0.1) is 0 Å². The van der Waals surface area contributed by atoms with Gasteiger partial charge in [-0.2, -0.15) is 0 Å². The largest absolute Gasteiger partial charge is 0.356 e. The smallest absolute Gasteiger partial charge is 0.222 e. The number of nitrogens with zero attached hydrogens (tertiary/aromatic N) is 1. The van der Waals surface area contributed by atoms with E-state index in [1.54, 1.807) is 11.9 Å². The summed E-state index contributed by atoms with van der Waals surface area (Å²) in [6.07, 6.45) is 2.36. The van der Waals surface area contributed by atoms with Crippen LogP contribution in [0.5, 0.6) is 0 Å². The molecule has 0 heterocycles. The molecule has 5 nitrogen and oxygen atoms in total. The van der Waals surface area contributed by atoms with E-state index in [4.69, 9.17) is 5.73 Å². The van der Waals surface area contributed by atoms with Crippen molar-refractivity contribution in [3.8, 4) is 0 Å². The van der Waals surface area contributed by atoms with E-state index in [9.17, 15) is 9.59 Å². The van der Waals surface area contributed by atoms with Crippen molar-refractivity contribution in [2.75, 3.05) is 26.7 Å². The summed E-state index contributed by atoms with van der Waals surface area (Å²) in [7, 11) is 1.79. The van der Waals surface area contributed by atoms with E-state index in [0.717, 1.165) is 6.42 Å². The summed E-state index contributed by atoms with van der Waals surface area (Å²) >= 11 is 0. The van der Waals surface area contributed by atoms with E-state index in [1.807, 2.05) is 20.8 Å². The second kappa shape index (κ2) is 8.91. The molecule has 5 heteroatoms. The molecule has 2 amide bonds. The summed E-state index contributed by atoms with van der Waals surface area (Å²) < 4.78 is 0. The van der Waals surface area contributed by atoms with Crippen LogP contribution < -0.4 is 11.1 Å². The standard InChI is InChI=1S/C14H29N3O2/c1-5-9-16-12(18)7-6-8-13(19)17(4)11-14(2,3)10-15/h5-11,15H2,1-4H3,(H,16,18). The molecule has 0 bridgehead atoms. The molecule has 0 aliphatic heterocycles. The average molecular weight is 271 g/mol. The fourth-order valence-corrected chi connectivity index (χ4v) is 1.74. The first-order valence-electron chi connectivity index (χ1n) is 7.03. The van der Waals surface area contributed by atoms with E-state index in [-0.39, 0.29) is 17.2 Å². The molecule has 0 aromatic rings. The topological polar surface area (TPSA) is 75.4 Å². The lowest BCUT2D eigenvalue weighted by Crippen LogP contribution is -2.39. The Hall–Kier alpha value is -1.10. The predicted octanol–water partition coefficient (Wildman–Crippen LogP) is 1.13. The quantitative estimate of drug-likeness (QED) is 0.660. The van der Waals surface area contributed by atoms with Gasteiger partial charge in [-0.3, -0.25) is 9.59 Å². The predicted molar refractivity (Wildman–Crippen MR) is 77.6 cm³/mol. The fourth-order valence-electron chi connectivity index (χ4n) is 1.74. The van der Waals surface area contributed by atoms with Gasteiger partial charge < -0.3 is 16.0 Å². The molecular formula is C14H29N3O2. The van der Waals surface area contributed by atoms with Crippen LogP contribution in [0.1, 0.15) is 46.5 Å². The Morgan fingerprint density at radius 2 is 1.89 bits per heavy atom. The van der Waals surface area contributed by atoms with Crippen molar-refractivity contribution in [1.82, 2.24) is 10.2 Å². The molecule has 0 aliphatic rings. The first kappa shape index (κ1) is 17.9. The van der Waals surface area contributed by atoms with Crippen molar-refractivity contribution in [2.45, 2.75) is 46.5 Å². The minimum absolute atomic E-state index is 0.0274. The maximum atomic E-state index is 11.9. The first-order chi connectivity index (χ1) is 8.82. The summed E-state index contributed by atoms with van der Waals surface area (Å²) in [6, 6.07) is 0. The van der Waals surface area contributed by atoms with Gasteiger partial charge in [0.25, 0.3) is 0 Å². The van der Waals surface area contributed by atoms with Crippen LogP contribution in [0.4, 0.5) is 0 Å². The average Bonchev–Trinajstić information content (AvgIpc) is 2.35. The lowest BCUT2D eigenvalue weighted by Gasteiger charge is -2.29. The lowest BCUT2D eigenvalue weighted by atomic mass is 9.93. The van der Waals surface area contributed by atoms with Gasteiger partial charge in [0.1, 0.15) is 0 Å². The minimum atomic E-state index is -0.0666. The van der Waals surface area contributed by atoms with Crippen molar-refractivity contribution in [2.24, 2.45) is 11.1 Å². The van der Waals surface area contributed by atoms with E-state index >= 15 is 0 Å². The number of hydrogen-bond donors (Lipinski definition) is 2. The van der Waals surface area contributed by atoms with Gasteiger partial charge in [-0.25, -0.2) is 0 Å². The van der Waals surface area contributed by atoms with Crippen LogP contribution in [-0.4, -0.2) is 43.4 Å². The number of rotatable bonds is 9.